The number of aliphatic hydroxyl groups is 1. The molecule has 5 nitrogen and oxygen atoms in total. The minimum Gasteiger partial charge on any atom is -0.396 e. The van der Waals surface area contributed by atoms with Crippen LogP contribution in [-0.2, 0) is 4.79 Å². The molecule has 1 unspecified atom stereocenters. The van der Waals surface area contributed by atoms with E-state index >= 15 is 0 Å². The van der Waals surface area contributed by atoms with Crippen LogP contribution in [-0.4, -0.2) is 41.5 Å². The zero-order chi connectivity index (χ0) is 14.5. The SMILES string of the molecule is CC(=O)Nc1ccc(C(=O)N2CCC(CCO)C2)cc1. The predicted molar refractivity (Wildman–Crippen MR) is 76.5 cm³/mol. The van der Waals surface area contributed by atoms with Gasteiger partial charge in [-0.25, -0.2) is 0 Å². The first-order valence-electron chi connectivity index (χ1n) is 6.88. The lowest BCUT2D eigenvalue weighted by Crippen LogP contribution is -2.28. The van der Waals surface area contributed by atoms with E-state index in [4.69, 9.17) is 5.11 Å². The number of carbonyl (C=O) groups excluding carboxylic acids is 2. The van der Waals surface area contributed by atoms with Gasteiger partial charge in [0.1, 0.15) is 0 Å². The topological polar surface area (TPSA) is 69.6 Å². The Morgan fingerprint density at radius 3 is 2.65 bits per heavy atom. The molecule has 0 spiro atoms. The van der Waals surface area contributed by atoms with E-state index in [-0.39, 0.29) is 18.4 Å². The second-order valence-electron chi connectivity index (χ2n) is 5.18. The first-order valence-corrected chi connectivity index (χ1v) is 6.88. The molecular formula is C15H20N2O3. The quantitative estimate of drug-likeness (QED) is 0.875. The van der Waals surface area contributed by atoms with Crippen molar-refractivity contribution in [3.05, 3.63) is 29.8 Å². The summed E-state index contributed by atoms with van der Waals surface area (Å²) in [6.07, 6.45) is 1.71. The zero-order valence-corrected chi connectivity index (χ0v) is 11.6. The van der Waals surface area contributed by atoms with Crippen molar-refractivity contribution in [3.8, 4) is 0 Å². The summed E-state index contributed by atoms with van der Waals surface area (Å²) in [5.74, 6) is 0.290. The molecule has 1 fully saturated rings. The van der Waals surface area contributed by atoms with Gasteiger partial charge in [0.05, 0.1) is 0 Å². The van der Waals surface area contributed by atoms with Crippen molar-refractivity contribution in [1.82, 2.24) is 4.90 Å². The molecule has 0 aromatic heterocycles. The maximum Gasteiger partial charge on any atom is 0.253 e. The fourth-order valence-corrected chi connectivity index (χ4v) is 2.52. The molecule has 2 rings (SSSR count). The lowest BCUT2D eigenvalue weighted by molar-refractivity contribution is -0.114. The number of hydrogen-bond donors (Lipinski definition) is 2. The Labute approximate surface area is 118 Å². The van der Waals surface area contributed by atoms with Gasteiger partial charge in [-0.15, -0.1) is 0 Å². The highest BCUT2D eigenvalue weighted by molar-refractivity contribution is 5.95. The van der Waals surface area contributed by atoms with Crippen LogP contribution in [0.15, 0.2) is 24.3 Å². The highest BCUT2D eigenvalue weighted by atomic mass is 16.3. The number of likely N-dealkylation sites (tertiary alicyclic amines) is 1. The molecule has 0 saturated carbocycles. The van der Waals surface area contributed by atoms with Crippen LogP contribution in [0.3, 0.4) is 0 Å². The number of nitrogens with one attached hydrogen (secondary N) is 1. The molecule has 2 amide bonds. The largest absolute Gasteiger partial charge is 0.396 e. The molecule has 0 radical (unpaired) electrons. The van der Waals surface area contributed by atoms with E-state index in [0.717, 1.165) is 19.4 Å². The Morgan fingerprint density at radius 1 is 1.35 bits per heavy atom. The summed E-state index contributed by atoms with van der Waals surface area (Å²) in [6.45, 7) is 3.09. The van der Waals surface area contributed by atoms with Crippen LogP contribution in [0.25, 0.3) is 0 Å². The average molecular weight is 276 g/mol. The molecule has 1 aliphatic rings. The molecule has 20 heavy (non-hydrogen) atoms. The van der Waals surface area contributed by atoms with Crippen LogP contribution >= 0.6 is 0 Å². The molecule has 5 heteroatoms. The van der Waals surface area contributed by atoms with Gasteiger partial charge in [0.2, 0.25) is 5.91 Å². The van der Waals surface area contributed by atoms with Gasteiger partial charge in [-0.2, -0.15) is 0 Å². The summed E-state index contributed by atoms with van der Waals surface area (Å²) in [4.78, 5) is 25.1. The number of carbonyl (C=O) groups is 2. The molecule has 1 atom stereocenters. The molecule has 1 heterocycles. The van der Waals surface area contributed by atoms with Crippen molar-refractivity contribution >= 4 is 17.5 Å². The minimum absolute atomic E-state index is 0.0137. The third kappa shape index (κ3) is 3.57. The summed E-state index contributed by atoms with van der Waals surface area (Å²) < 4.78 is 0. The first kappa shape index (κ1) is 14.5. The molecule has 0 aliphatic carbocycles. The van der Waals surface area contributed by atoms with Gasteiger partial charge in [0, 0.05) is 37.9 Å². The fourth-order valence-electron chi connectivity index (χ4n) is 2.52. The molecule has 1 aromatic rings. The minimum atomic E-state index is -0.129. The van der Waals surface area contributed by atoms with Gasteiger partial charge < -0.3 is 15.3 Å². The zero-order valence-electron chi connectivity index (χ0n) is 11.6. The standard InChI is InChI=1S/C15H20N2O3/c1-11(19)16-14-4-2-13(3-5-14)15(20)17-8-6-12(10-17)7-9-18/h2-5,12,18H,6-10H2,1H3,(H,16,19). The number of anilines is 1. The van der Waals surface area contributed by atoms with Crippen LogP contribution in [0, 0.1) is 5.92 Å². The number of nitrogens with zero attached hydrogens (tertiary/aromatic N) is 1. The van der Waals surface area contributed by atoms with Crippen LogP contribution in [0.5, 0.6) is 0 Å². The second-order valence-corrected chi connectivity index (χ2v) is 5.18. The van der Waals surface area contributed by atoms with E-state index in [1.807, 2.05) is 4.90 Å². The van der Waals surface area contributed by atoms with Crippen molar-refractivity contribution in [2.45, 2.75) is 19.8 Å². The number of rotatable bonds is 4. The Balaban J connectivity index is 1.97. The van der Waals surface area contributed by atoms with E-state index in [9.17, 15) is 9.59 Å². The van der Waals surface area contributed by atoms with Gasteiger partial charge in [0.25, 0.3) is 5.91 Å². The fraction of sp³-hybridized carbons (Fsp3) is 0.467. The van der Waals surface area contributed by atoms with Crippen LogP contribution < -0.4 is 5.32 Å². The lowest BCUT2D eigenvalue weighted by atomic mass is 10.1. The normalized spacial score (nSPS) is 18.1. The lowest BCUT2D eigenvalue weighted by Gasteiger charge is -2.16. The highest BCUT2D eigenvalue weighted by Crippen LogP contribution is 2.21. The Hall–Kier alpha value is -1.88. The summed E-state index contributed by atoms with van der Waals surface area (Å²) in [5.41, 5.74) is 1.32. The Kier molecular flexibility index (Phi) is 4.74. The monoisotopic (exact) mass is 276 g/mol. The Morgan fingerprint density at radius 2 is 2.05 bits per heavy atom. The average Bonchev–Trinajstić information content (AvgIpc) is 2.87. The number of hydrogen-bond acceptors (Lipinski definition) is 3. The van der Waals surface area contributed by atoms with Crippen LogP contribution in [0.4, 0.5) is 5.69 Å². The number of amides is 2. The van der Waals surface area contributed by atoms with Crippen molar-refractivity contribution in [3.63, 3.8) is 0 Å². The summed E-state index contributed by atoms with van der Waals surface area (Å²) in [7, 11) is 0. The molecule has 2 N–H and O–H groups in total. The van der Waals surface area contributed by atoms with Crippen molar-refractivity contribution < 1.29 is 14.7 Å². The molecular weight excluding hydrogens is 256 g/mol. The van der Waals surface area contributed by atoms with Gasteiger partial charge in [0.15, 0.2) is 0 Å². The van der Waals surface area contributed by atoms with Crippen LogP contribution in [0.2, 0.25) is 0 Å². The maximum atomic E-state index is 12.3. The van der Waals surface area contributed by atoms with Gasteiger partial charge in [-0.3, -0.25) is 9.59 Å². The summed E-state index contributed by atoms with van der Waals surface area (Å²) >= 11 is 0. The van der Waals surface area contributed by atoms with E-state index in [0.29, 0.717) is 23.7 Å². The number of aliphatic hydroxyl groups excluding tert-OH is 1. The van der Waals surface area contributed by atoms with E-state index < -0.39 is 0 Å². The van der Waals surface area contributed by atoms with Crippen molar-refractivity contribution in [2.24, 2.45) is 5.92 Å². The van der Waals surface area contributed by atoms with Gasteiger partial charge >= 0.3 is 0 Å². The summed E-state index contributed by atoms with van der Waals surface area (Å²) in [5, 5.41) is 11.6. The van der Waals surface area contributed by atoms with E-state index in [1.54, 1.807) is 24.3 Å². The smallest absolute Gasteiger partial charge is 0.253 e. The molecule has 1 aromatic carbocycles. The molecule has 1 saturated heterocycles. The first-order chi connectivity index (χ1) is 9.60. The van der Waals surface area contributed by atoms with Gasteiger partial charge in [-0.05, 0) is 43.0 Å². The molecule has 0 bridgehead atoms. The van der Waals surface area contributed by atoms with Crippen LogP contribution in [0.1, 0.15) is 30.1 Å². The maximum absolute atomic E-state index is 12.3. The second kappa shape index (κ2) is 6.52. The number of benzene rings is 1. The van der Waals surface area contributed by atoms with E-state index in [1.165, 1.54) is 6.92 Å². The van der Waals surface area contributed by atoms with Crippen molar-refractivity contribution in [1.29, 1.82) is 0 Å². The Bertz CT molecular complexity index is 484. The molecule has 108 valence electrons. The summed E-state index contributed by atoms with van der Waals surface area (Å²) in [6, 6.07) is 6.92. The third-order valence-corrected chi connectivity index (χ3v) is 3.56. The van der Waals surface area contributed by atoms with Crippen molar-refractivity contribution in [2.75, 3.05) is 25.0 Å². The van der Waals surface area contributed by atoms with E-state index in [2.05, 4.69) is 5.32 Å². The van der Waals surface area contributed by atoms with Gasteiger partial charge in [-0.1, -0.05) is 0 Å². The third-order valence-electron chi connectivity index (χ3n) is 3.56. The predicted octanol–water partition coefficient (Wildman–Crippen LogP) is 1.49. The molecule has 1 aliphatic heterocycles. The highest BCUT2D eigenvalue weighted by Gasteiger charge is 2.26.